The third-order valence-corrected chi connectivity index (χ3v) is 7.11. The lowest BCUT2D eigenvalue weighted by Crippen LogP contribution is -2.22. The highest BCUT2D eigenvalue weighted by atomic mass is 32.2. The van der Waals surface area contributed by atoms with Crippen LogP contribution in [0.4, 0.5) is 5.69 Å². The SMILES string of the molecule is Cc1ccc(S(=O)(=O)N(C)C)cc1NCc1cc(=O)oc2cc(C)c(C(C)C)cc12. The second-order valence-electron chi connectivity index (χ2n) is 8.07. The Bertz CT molecular complexity index is 1260. The molecule has 1 heterocycles. The summed E-state index contributed by atoms with van der Waals surface area (Å²) < 4.78 is 31.5. The zero-order chi connectivity index (χ0) is 22.2. The number of hydrogen-bond acceptors (Lipinski definition) is 5. The molecule has 0 radical (unpaired) electrons. The second-order valence-corrected chi connectivity index (χ2v) is 10.2. The van der Waals surface area contributed by atoms with Crippen LogP contribution >= 0.6 is 0 Å². The highest BCUT2D eigenvalue weighted by molar-refractivity contribution is 7.89. The van der Waals surface area contributed by atoms with Gasteiger partial charge in [0.25, 0.3) is 0 Å². The number of benzene rings is 2. The van der Waals surface area contributed by atoms with Crippen LogP contribution < -0.4 is 10.9 Å². The van der Waals surface area contributed by atoms with Gasteiger partial charge >= 0.3 is 5.63 Å². The van der Waals surface area contributed by atoms with Crippen LogP contribution in [0.2, 0.25) is 0 Å². The molecule has 2 aromatic carbocycles. The van der Waals surface area contributed by atoms with E-state index in [0.29, 0.717) is 23.7 Å². The summed E-state index contributed by atoms with van der Waals surface area (Å²) in [5.74, 6) is 0.345. The highest BCUT2D eigenvalue weighted by Gasteiger charge is 2.18. The van der Waals surface area contributed by atoms with Crippen molar-refractivity contribution in [1.29, 1.82) is 0 Å². The molecule has 6 nitrogen and oxygen atoms in total. The molecule has 7 heteroatoms. The Morgan fingerprint density at radius 1 is 1.03 bits per heavy atom. The number of hydrogen-bond donors (Lipinski definition) is 1. The highest BCUT2D eigenvalue weighted by Crippen LogP contribution is 2.28. The lowest BCUT2D eigenvalue weighted by Gasteiger charge is -2.16. The summed E-state index contributed by atoms with van der Waals surface area (Å²) in [7, 11) is -0.520. The molecule has 0 bridgehead atoms. The summed E-state index contributed by atoms with van der Waals surface area (Å²) in [5.41, 5.74) is 4.87. The third-order valence-electron chi connectivity index (χ3n) is 5.30. The quantitative estimate of drug-likeness (QED) is 0.589. The van der Waals surface area contributed by atoms with Crippen molar-refractivity contribution in [2.45, 2.75) is 45.1 Å². The maximum absolute atomic E-state index is 12.5. The fourth-order valence-corrected chi connectivity index (χ4v) is 4.44. The fourth-order valence-electron chi connectivity index (χ4n) is 3.51. The van der Waals surface area contributed by atoms with E-state index in [4.69, 9.17) is 4.42 Å². The van der Waals surface area contributed by atoms with E-state index in [-0.39, 0.29) is 4.90 Å². The number of nitrogens with zero attached hydrogens (tertiary/aromatic N) is 1. The Hall–Kier alpha value is -2.64. The molecule has 0 fully saturated rings. The average molecular weight is 429 g/mol. The number of aryl methyl sites for hydroxylation is 2. The van der Waals surface area contributed by atoms with Gasteiger partial charge in [-0.2, -0.15) is 0 Å². The van der Waals surface area contributed by atoms with E-state index in [2.05, 4.69) is 25.2 Å². The van der Waals surface area contributed by atoms with Crippen molar-refractivity contribution in [2.75, 3.05) is 19.4 Å². The normalized spacial score (nSPS) is 12.1. The first-order chi connectivity index (χ1) is 14.0. The molecule has 0 aliphatic heterocycles. The topological polar surface area (TPSA) is 79.6 Å². The molecule has 3 aromatic rings. The van der Waals surface area contributed by atoms with Crippen molar-refractivity contribution in [1.82, 2.24) is 4.31 Å². The minimum atomic E-state index is -3.53. The van der Waals surface area contributed by atoms with Crippen LogP contribution in [-0.2, 0) is 16.6 Å². The van der Waals surface area contributed by atoms with Gasteiger partial charge in [0.05, 0.1) is 4.90 Å². The van der Waals surface area contributed by atoms with Crippen LogP contribution in [0.3, 0.4) is 0 Å². The number of nitrogens with one attached hydrogen (secondary N) is 1. The zero-order valence-corrected chi connectivity index (χ0v) is 19.1. The molecule has 30 heavy (non-hydrogen) atoms. The van der Waals surface area contributed by atoms with E-state index in [1.54, 1.807) is 18.2 Å². The van der Waals surface area contributed by atoms with Crippen LogP contribution in [0, 0.1) is 13.8 Å². The lowest BCUT2D eigenvalue weighted by atomic mass is 9.95. The van der Waals surface area contributed by atoms with Crippen molar-refractivity contribution in [3.8, 4) is 0 Å². The average Bonchev–Trinajstić information content (AvgIpc) is 2.65. The Morgan fingerprint density at radius 3 is 2.37 bits per heavy atom. The maximum atomic E-state index is 12.5. The molecular formula is C23H28N2O4S. The van der Waals surface area contributed by atoms with Gasteiger partial charge in [-0.3, -0.25) is 0 Å². The second kappa shape index (κ2) is 8.24. The Morgan fingerprint density at radius 2 is 1.73 bits per heavy atom. The summed E-state index contributed by atoms with van der Waals surface area (Å²) in [6, 6.07) is 10.5. The van der Waals surface area contributed by atoms with Crippen LogP contribution in [0.1, 0.15) is 42.0 Å². The third kappa shape index (κ3) is 4.27. The summed E-state index contributed by atoms with van der Waals surface area (Å²) in [6.07, 6.45) is 0. The molecule has 0 saturated carbocycles. The molecule has 1 N–H and O–H groups in total. The van der Waals surface area contributed by atoms with Gasteiger partial charge in [0, 0.05) is 37.8 Å². The molecule has 0 atom stereocenters. The molecule has 0 aliphatic rings. The number of fused-ring (bicyclic) bond motifs is 1. The van der Waals surface area contributed by atoms with Gasteiger partial charge < -0.3 is 9.73 Å². The minimum absolute atomic E-state index is 0.218. The molecule has 0 unspecified atom stereocenters. The van der Waals surface area contributed by atoms with Gasteiger partial charge in [-0.25, -0.2) is 17.5 Å². The zero-order valence-electron chi connectivity index (χ0n) is 18.2. The molecule has 0 spiro atoms. The predicted octanol–water partition coefficient (Wildman–Crippen LogP) is 4.40. The van der Waals surface area contributed by atoms with Gasteiger partial charge in [0.2, 0.25) is 10.0 Å². The van der Waals surface area contributed by atoms with Crippen molar-refractivity contribution in [3.63, 3.8) is 0 Å². The van der Waals surface area contributed by atoms with E-state index >= 15 is 0 Å². The van der Waals surface area contributed by atoms with Crippen LogP contribution in [0.5, 0.6) is 0 Å². The Kier molecular flexibility index (Phi) is 6.06. The van der Waals surface area contributed by atoms with Crippen molar-refractivity contribution in [3.05, 3.63) is 69.1 Å². The van der Waals surface area contributed by atoms with Crippen molar-refractivity contribution >= 4 is 26.7 Å². The van der Waals surface area contributed by atoms with E-state index in [9.17, 15) is 13.2 Å². The van der Waals surface area contributed by atoms with E-state index in [1.807, 2.05) is 19.9 Å². The minimum Gasteiger partial charge on any atom is -0.423 e. The standard InChI is InChI=1S/C23H28N2O4S/c1-14(2)19-12-20-17(10-23(26)29-22(20)9-16(19)4)13-24-21-11-18(8-7-15(21)3)30(27,28)25(5)6/h7-12,14,24H,13H2,1-6H3. The lowest BCUT2D eigenvalue weighted by molar-refractivity contribution is 0.521. The van der Waals surface area contributed by atoms with Crippen LogP contribution in [0.15, 0.2) is 50.5 Å². The summed E-state index contributed by atoms with van der Waals surface area (Å²) in [4.78, 5) is 12.3. The first-order valence-corrected chi connectivity index (χ1v) is 11.3. The summed E-state index contributed by atoms with van der Waals surface area (Å²) in [5, 5.41) is 4.18. The first kappa shape index (κ1) is 22.1. The van der Waals surface area contributed by atoms with Crippen LogP contribution in [-0.4, -0.2) is 26.8 Å². The fraction of sp³-hybridized carbons (Fsp3) is 0.348. The largest absolute Gasteiger partial charge is 0.423 e. The number of sulfonamides is 1. The first-order valence-electron chi connectivity index (χ1n) is 9.85. The molecule has 0 aliphatic carbocycles. The van der Waals surface area contributed by atoms with Gasteiger partial charge in [-0.1, -0.05) is 19.9 Å². The monoisotopic (exact) mass is 428 g/mol. The van der Waals surface area contributed by atoms with Crippen molar-refractivity contribution < 1.29 is 12.8 Å². The van der Waals surface area contributed by atoms with Gasteiger partial charge in [-0.05, 0) is 66.3 Å². The number of anilines is 1. The molecular weight excluding hydrogens is 400 g/mol. The van der Waals surface area contributed by atoms with E-state index in [1.165, 1.54) is 30.0 Å². The van der Waals surface area contributed by atoms with E-state index in [0.717, 1.165) is 22.1 Å². The Labute approximate surface area is 177 Å². The van der Waals surface area contributed by atoms with Gasteiger partial charge in [-0.15, -0.1) is 0 Å². The van der Waals surface area contributed by atoms with Gasteiger partial charge in [0.1, 0.15) is 5.58 Å². The molecule has 3 rings (SSSR count). The smallest absolute Gasteiger partial charge is 0.336 e. The molecule has 0 amide bonds. The van der Waals surface area contributed by atoms with E-state index < -0.39 is 15.6 Å². The van der Waals surface area contributed by atoms with Crippen molar-refractivity contribution in [2.24, 2.45) is 0 Å². The van der Waals surface area contributed by atoms with Crippen LogP contribution in [0.25, 0.3) is 11.0 Å². The predicted molar refractivity (Wildman–Crippen MR) is 121 cm³/mol. The molecule has 0 saturated heterocycles. The molecule has 1 aromatic heterocycles. The summed E-state index contributed by atoms with van der Waals surface area (Å²) >= 11 is 0. The summed E-state index contributed by atoms with van der Waals surface area (Å²) in [6.45, 7) is 8.55. The number of rotatable bonds is 6. The Balaban J connectivity index is 2.02. The molecule has 160 valence electrons. The maximum Gasteiger partial charge on any atom is 0.336 e. The van der Waals surface area contributed by atoms with Gasteiger partial charge in [0.15, 0.2) is 0 Å².